The van der Waals surface area contributed by atoms with Crippen LogP contribution in [0, 0.1) is 5.92 Å². The van der Waals surface area contributed by atoms with Gasteiger partial charge >= 0.3 is 0 Å². The minimum Gasteiger partial charge on any atom is -0.381 e. The molecule has 2 aromatic carbocycles. The predicted molar refractivity (Wildman–Crippen MR) is 128 cm³/mol. The number of fused-ring (bicyclic) bond motifs is 1. The second kappa shape index (κ2) is 9.58. The van der Waals surface area contributed by atoms with Crippen LogP contribution in [-0.2, 0) is 24.8 Å². The molecule has 0 amide bonds. The molecule has 7 nitrogen and oxygen atoms in total. The summed E-state index contributed by atoms with van der Waals surface area (Å²) in [6.07, 6.45) is 3.82. The molecule has 0 aliphatic carbocycles. The van der Waals surface area contributed by atoms with Gasteiger partial charge in [-0.25, -0.2) is 25.5 Å². The zero-order chi connectivity index (χ0) is 23.6. The van der Waals surface area contributed by atoms with E-state index in [9.17, 15) is 16.8 Å². The Labute approximate surface area is 195 Å². The Morgan fingerprint density at radius 2 is 1.70 bits per heavy atom. The Morgan fingerprint density at radius 1 is 1.00 bits per heavy atom. The van der Waals surface area contributed by atoms with Gasteiger partial charge in [-0.05, 0) is 54.9 Å². The molecule has 1 saturated heterocycles. The fraction of sp³-hybridized carbons (Fsp3) is 0.417. The monoisotopic (exact) mass is 490 g/mol. The summed E-state index contributed by atoms with van der Waals surface area (Å²) in [6.45, 7) is 5.65. The quantitative estimate of drug-likeness (QED) is 0.513. The predicted octanol–water partition coefficient (Wildman–Crippen LogP) is 4.10. The molecule has 1 aliphatic rings. The first-order valence-electron chi connectivity index (χ1n) is 11.2. The van der Waals surface area contributed by atoms with Crippen LogP contribution >= 0.6 is 0 Å². The lowest BCUT2D eigenvalue weighted by Crippen LogP contribution is -2.27. The van der Waals surface area contributed by atoms with Crippen molar-refractivity contribution in [2.24, 2.45) is 5.92 Å². The number of ether oxygens (including phenoxy) is 1. The van der Waals surface area contributed by atoms with Gasteiger partial charge in [-0.2, -0.15) is 0 Å². The van der Waals surface area contributed by atoms with Crippen molar-refractivity contribution in [3.63, 3.8) is 0 Å². The lowest BCUT2D eigenvalue weighted by molar-refractivity contribution is 0.0644. The molecule has 0 spiro atoms. The lowest BCUT2D eigenvalue weighted by atomic mass is 9.97. The first-order valence-corrected chi connectivity index (χ1v) is 14.2. The molecule has 2 heterocycles. The standard InChI is InChI=1S/C24H30N2O5S2/c1-18(2)21-9-6-10-22-24(21)23(17-26(22)33(29,30)20-7-4-3-5-8-20)32(27,28)25-14-11-19-12-15-31-16-13-19/h3-10,17-19,25H,11-16H2,1-2H3. The van der Waals surface area contributed by atoms with E-state index in [4.69, 9.17) is 4.74 Å². The van der Waals surface area contributed by atoms with Crippen molar-refractivity contribution in [2.75, 3.05) is 19.8 Å². The maximum absolute atomic E-state index is 13.4. The van der Waals surface area contributed by atoms with Crippen molar-refractivity contribution < 1.29 is 21.6 Å². The average Bonchev–Trinajstić information content (AvgIpc) is 3.22. The molecule has 0 atom stereocenters. The summed E-state index contributed by atoms with van der Waals surface area (Å²) in [5.74, 6) is 0.438. The molecule has 1 N–H and O–H groups in total. The molecule has 178 valence electrons. The van der Waals surface area contributed by atoms with Gasteiger partial charge in [0, 0.05) is 31.3 Å². The van der Waals surface area contributed by atoms with Gasteiger partial charge in [-0.15, -0.1) is 0 Å². The first-order chi connectivity index (χ1) is 15.7. The van der Waals surface area contributed by atoms with Crippen molar-refractivity contribution in [2.45, 2.75) is 48.8 Å². The summed E-state index contributed by atoms with van der Waals surface area (Å²) in [4.78, 5) is 0.0987. The molecule has 4 rings (SSSR count). The first kappa shape index (κ1) is 23.9. The number of aromatic nitrogens is 1. The van der Waals surface area contributed by atoms with Gasteiger partial charge in [0.1, 0.15) is 4.90 Å². The van der Waals surface area contributed by atoms with Crippen molar-refractivity contribution in [3.05, 3.63) is 60.3 Å². The average molecular weight is 491 g/mol. The lowest BCUT2D eigenvalue weighted by Gasteiger charge is -2.21. The minimum absolute atomic E-state index is 0.00622. The van der Waals surface area contributed by atoms with Crippen LogP contribution in [-0.4, -0.2) is 40.6 Å². The topological polar surface area (TPSA) is 94.5 Å². The molecule has 1 aliphatic heterocycles. The van der Waals surface area contributed by atoms with Gasteiger partial charge in [0.25, 0.3) is 10.0 Å². The van der Waals surface area contributed by atoms with E-state index in [0.29, 0.717) is 36.6 Å². The molecule has 9 heteroatoms. The summed E-state index contributed by atoms with van der Waals surface area (Å²) in [6, 6.07) is 13.3. The van der Waals surface area contributed by atoms with Crippen LogP contribution in [0.5, 0.6) is 0 Å². The van der Waals surface area contributed by atoms with Gasteiger partial charge in [0.2, 0.25) is 10.0 Å². The van der Waals surface area contributed by atoms with Gasteiger partial charge in [0.15, 0.2) is 0 Å². The number of nitrogens with one attached hydrogen (secondary N) is 1. The maximum Gasteiger partial charge on any atom is 0.268 e. The highest BCUT2D eigenvalue weighted by Crippen LogP contribution is 2.34. The molecule has 1 fully saturated rings. The molecular weight excluding hydrogens is 460 g/mol. The van der Waals surface area contributed by atoms with Crippen LogP contribution < -0.4 is 4.72 Å². The van der Waals surface area contributed by atoms with E-state index in [1.165, 1.54) is 18.3 Å². The van der Waals surface area contributed by atoms with Gasteiger partial charge in [0.05, 0.1) is 10.4 Å². The highest BCUT2D eigenvalue weighted by molar-refractivity contribution is 7.91. The van der Waals surface area contributed by atoms with Crippen molar-refractivity contribution in [1.82, 2.24) is 8.69 Å². The number of sulfonamides is 1. The summed E-state index contributed by atoms with van der Waals surface area (Å²) >= 11 is 0. The van der Waals surface area contributed by atoms with E-state index in [0.717, 1.165) is 28.8 Å². The Hall–Kier alpha value is -2.20. The number of benzene rings is 2. The SMILES string of the molecule is CC(C)c1cccc2c1c(S(=O)(=O)NCCC1CCOCC1)cn2S(=O)(=O)c1ccccc1. The molecular formula is C24H30N2O5S2. The van der Waals surface area contributed by atoms with Crippen LogP contribution in [0.15, 0.2) is 64.5 Å². The van der Waals surface area contributed by atoms with E-state index >= 15 is 0 Å². The highest BCUT2D eigenvalue weighted by atomic mass is 32.2. The van der Waals surface area contributed by atoms with Crippen molar-refractivity contribution in [3.8, 4) is 0 Å². The minimum atomic E-state index is -3.97. The van der Waals surface area contributed by atoms with E-state index in [1.807, 2.05) is 19.9 Å². The second-order valence-corrected chi connectivity index (χ2v) is 12.3. The molecule has 0 bridgehead atoms. The molecule has 33 heavy (non-hydrogen) atoms. The molecule has 0 radical (unpaired) electrons. The van der Waals surface area contributed by atoms with E-state index in [1.54, 1.807) is 30.3 Å². The Balaban J connectivity index is 1.77. The van der Waals surface area contributed by atoms with E-state index < -0.39 is 20.0 Å². The fourth-order valence-corrected chi connectivity index (χ4v) is 7.08. The van der Waals surface area contributed by atoms with Crippen LogP contribution in [0.4, 0.5) is 0 Å². The van der Waals surface area contributed by atoms with Crippen LogP contribution in [0.3, 0.4) is 0 Å². The summed E-state index contributed by atoms with van der Waals surface area (Å²) in [7, 11) is -7.91. The largest absolute Gasteiger partial charge is 0.381 e. The van der Waals surface area contributed by atoms with Crippen LogP contribution in [0.2, 0.25) is 0 Å². The normalized spacial score (nSPS) is 16.0. The summed E-state index contributed by atoms with van der Waals surface area (Å²) in [5.41, 5.74) is 1.15. The fourth-order valence-electron chi connectivity index (χ4n) is 4.35. The van der Waals surface area contributed by atoms with Crippen molar-refractivity contribution >= 4 is 30.9 Å². The third-order valence-electron chi connectivity index (χ3n) is 6.19. The molecule has 1 aromatic heterocycles. The highest BCUT2D eigenvalue weighted by Gasteiger charge is 2.29. The zero-order valence-electron chi connectivity index (χ0n) is 18.9. The summed E-state index contributed by atoms with van der Waals surface area (Å²) in [5, 5.41) is 0.450. The smallest absolute Gasteiger partial charge is 0.268 e. The zero-order valence-corrected chi connectivity index (χ0v) is 20.5. The molecule has 0 saturated carbocycles. The number of hydrogen-bond donors (Lipinski definition) is 1. The maximum atomic E-state index is 13.4. The number of hydrogen-bond acceptors (Lipinski definition) is 5. The van der Waals surface area contributed by atoms with Gasteiger partial charge in [-0.1, -0.05) is 44.2 Å². The van der Waals surface area contributed by atoms with E-state index in [2.05, 4.69) is 4.72 Å². The Bertz CT molecular complexity index is 1320. The van der Waals surface area contributed by atoms with Crippen LogP contribution in [0.1, 0.15) is 44.6 Å². The van der Waals surface area contributed by atoms with Gasteiger partial charge < -0.3 is 4.74 Å². The van der Waals surface area contributed by atoms with Gasteiger partial charge in [-0.3, -0.25) is 0 Å². The summed E-state index contributed by atoms with van der Waals surface area (Å²) < 4.78 is 62.8. The molecule has 3 aromatic rings. The third kappa shape index (κ3) is 4.87. The number of rotatable bonds is 8. The number of nitrogens with zero attached hydrogens (tertiary/aromatic N) is 1. The second-order valence-electron chi connectivity index (χ2n) is 8.75. The van der Waals surface area contributed by atoms with Crippen LogP contribution in [0.25, 0.3) is 10.9 Å². The molecule has 0 unspecified atom stereocenters. The van der Waals surface area contributed by atoms with E-state index in [-0.39, 0.29) is 15.7 Å². The third-order valence-corrected chi connectivity index (χ3v) is 9.35. The van der Waals surface area contributed by atoms with Crippen molar-refractivity contribution in [1.29, 1.82) is 0 Å². The Morgan fingerprint density at radius 3 is 2.36 bits per heavy atom. The Kier molecular flexibility index (Phi) is 6.95.